The number of anilines is 1. The molecule has 4 nitrogen and oxygen atoms in total. The fourth-order valence-corrected chi connectivity index (χ4v) is 4.09. The fraction of sp³-hybridized carbons (Fsp3) is 0.667. The second-order valence-electron chi connectivity index (χ2n) is 7.73. The zero-order valence-electron chi connectivity index (χ0n) is 15.8. The van der Waals surface area contributed by atoms with E-state index in [9.17, 15) is 4.79 Å². The van der Waals surface area contributed by atoms with Gasteiger partial charge in [0, 0.05) is 37.9 Å². The van der Waals surface area contributed by atoms with Crippen LogP contribution < -0.4 is 5.32 Å². The smallest absolute Gasteiger partial charge is 0.238 e. The van der Waals surface area contributed by atoms with Crippen molar-refractivity contribution in [3.8, 4) is 0 Å². The summed E-state index contributed by atoms with van der Waals surface area (Å²) < 4.78 is 0. The number of hydrogen-bond donors (Lipinski definition) is 1. The van der Waals surface area contributed by atoms with Gasteiger partial charge >= 0.3 is 0 Å². The molecule has 1 saturated carbocycles. The predicted molar refractivity (Wildman–Crippen MR) is 104 cm³/mol. The molecule has 1 unspecified atom stereocenters. The molecule has 25 heavy (non-hydrogen) atoms. The summed E-state index contributed by atoms with van der Waals surface area (Å²) in [6.45, 7) is 9.19. The molecule has 1 amide bonds. The maximum Gasteiger partial charge on any atom is 0.238 e. The second kappa shape index (κ2) is 8.81. The molecule has 138 valence electrons. The van der Waals surface area contributed by atoms with Gasteiger partial charge in [-0.05, 0) is 42.9 Å². The number of carbonyl (C=O) groups excluding carboxylic acids is 1. The Morgan fingerprint density at radius 1 is 1.12 bits per heavy atom. The van der Waals surface area contributed by atoms with E-state index in [1.165, 1.54) is 31.2 Å². The van der Waals surface area contributed by atoms with Gasteiger partial charge in [0.2, 0.25) is 5.91 Å². The molecule has 1 aliphatic heterocycles. The normalized spacial score (nSPS) is 21.4. The van der Waals surface area contributed by atoms with E-state index in [-0.39, 0.29) is 5.91 Å². The van der Waals surface area contributed by atoms with E-state index in [1.54, 1.807) is 0 Å². The summed E-state index contributed by atoms with van der Waals surface area (Å²) in [5.41, 5.74) is 2.24. The minimum absolute atomic E-state index is 0.102. The standard InChI is InChI=1S/C21H33N3O/c1-3-17(2)18-8-10-19(11-9-18)22-21(25)16-23-12-14-24(15-13-23)20-6-4-5-7-20/h8-11,17,20H,3-7,12-16H2,1-2H3,(H,22,25). The van der Waals surface area contributed by atoms with Crippen LogP contribution in [0.25, 0.3) is 0 Å². The highest BCUT2D eigenvalue weighted by atomic mass is 16.2. The van der Waals surface area contributed by atoms with Gasteiger partial charge in [0.25, 0.3) is 0 Å². The lowest BCUT2D eigenvalue weighted by Gasteiger charge is -2.37. The van der Waals surface area contributed by atoms with Crippen molar-refractivity contribution in [2.45, 2.75) is 57.9 Å². The van der Waals surface area contributed by atoms with Crippen LogP contribution in [0.2, 0.25) is 0 Å². The van der Waals surface area contributed by atoms with Crippen LogP contribution in [0.3, 0.4) is 0 Å². The molecule has 1 atom stereocenters. The highest BCUT2D eigenvalue weighted by Gasteiger charge is 2.26. The average molecular weight is 344 g/mol. The molecule has 1 saturated heterocycles. The van der Waals surface area contributed by atoms with Gasteiger partial charge in [-0.15, -0.1) is 0 Å². The molecule has 3 rings (SSSR count). The van der Waals surface area contributed by atoms with E-state index in [1.807, 2.05) is 12.1 Å². The molecular weight excluding hydrogens is 310 g/mol. The third-order valence-corrected chi connectivity index (χ3v) is 5.99. The molecular formula is C21H33N3O. The molecule has 1 aliphatic carbocycles. The van der Waals surface area contributed by atoms with Crippen molar-refractivity contribution >= 4 is 11.6 Å². The highest BCUT2D eigenvalue weighted by molar-refractivity contribution is 5.92. The van der Waals surface area contributed by atoms with E-state index in [4.69, 9.17) is 0 Å². The van der Waals surface area contributed by atoms with Gasteiger partial charge in [0.15, 0.2) is 0 Å². The van der Waals surface area contributed by atoms with Gasteiger partial charge in [-0.25, -0.2) is 0 Å². The van der Waals surface area contributed by atoms with Gasteiger partial charge in [0.1, 0.15) is 0 Å². The van der Waals surface area contributed by atoms with Crippen molar-refractivity contribution in [3.63, 3.8) is 0 Å². The van der Waals surface area contributed by atoms with E-state index in [0.717, 1.165) is 44.3 Å². The van der Waals surface area contributed by atoms with Crippen LogP contribution in [-0.4, -0.2) is 54.5 Å². The number of rotatable bonds is 6. The Morgan fingerprint density at radius 2 is 1.76 bits per heavy atom. The van der Waals surface area contributed by atoms with Crippen LogP contribution in [0.1, 0.15) is 57.4 Å². The lowest BCUT2D eigenvalue weighted by molar-refractivity contribution is -0.117. The molecule has 1 heterocycles. The van der Waals surface area contributed by atoms with Crippen LogP contribution in [0.15, 0.2) is 24.3 Å². The summed E-state index contributed by atoms with van der Waals surface area (Å²) in [4.78, 5) is 17.2. The van der Waals surface area contributed by atoms with Crippen molar-refractivity contribution in [3.05, 3.63) is 29.8 Å². The zero-order valence-corrected chi connectivity index (χ0v) is 15.8. The summed E-state index contributed by atoms with van der Waals surface area (Å²) in [6.07, 6.45) is 6.66. The van der Waals surface area contributed by atoms with Crippen LogP contribution in [0.5, 0.6) is 0 Å². The fourth-order valence-electron chi connectivity index (χ4n) is 4.09. The minimum Gasteiger partial charge on any atom is -0.325 e. The van der Waals surface area contributed by atoms with Gasteiger partial charge in [-0.1, -0.05) is 38.8 Å². The first kappa shape index (κ1) is 18.4. The zero-order chi connectivity index (χ0) is 17.6. The minimum atomic E-state index is 0.102. The van der Waals surface area contributed by atoms with E-state index >= 15 is 0 Å². The summed E-state index contributed by atoms with van der Waals surface area (Å²) >= 11 is 0. The Morgan fingerprint density at radius 3 is 2.36 bits per heavy atom. The van der Waals surface area contributed by atoms with Crippen LogP contribution in [0.4, 0.5) is 5.69 Å². The van der Waals surface area contributed by atoms with E-state index < -0.39 is 0 Å². The maximum absolute atomic E-state index is 12.3. The Kier molecular flexibility index (Phi) is 6.49. The first-order valence-corrected chi connectivity index (χ1v) is 10.0. The van der Waals surface area contributed by atoms with E-state index in [2.05, 4.69) is 41.1 Å². The lowest BCUT2D eigenvalue weighted by atomic mass is 9.99. The predicted octanol–water partition coefficient (Wildman–Crippen LogP) is 3.70. The molecule has 1 aromatic rings. The average Bonchev–Trinajstić information content (AvgIpc) is 3.17. The Labute approximate surface area is 152 Å². The van der Waals surface area contributed by atoms with E-state index in [0.29, 0.717) is 12.5 Å². The summed E-state index contributed by atoms with van der Waals surface area (Å²) in [7, 11) is 0. The molecule has 4 heteroatoms. The van der Waals surface area contributed by atoms with Crippen molar-refractivity contribution in [1.82, 2.24) is 9.80 Å². The molecule has 1 N–H and O–H groups in total. The second-order valence-corrected chi connectivity index (χ2v) is 7.73. The van der Waals surface area contributed by atoms with Crippen LogP contribution in [0, 0.1) is 0 Å². The molecule has 0 aromatic heterocycles. The SMILES string of the molecule is CCC(C)c1ccc(NC(=O)CN2CCN(C3CCCC3)CC2)cc1. The maximum atomic E-state index is 12.3. The van der Waals surface area contributed by atoms with Gasteiger partial charge in [-0.2, -0.15) is 0 Å². The van der Waals surface area contributed by atoms with Crippen LogP contribution >= 0.6 is 0 Å². The van der Waals surface area contributed by atoms with Crippen molar-refractivity contribution in [2.24, 2.45) is 0 Å². The van der Waals surface area contributed by atoms with Gasteiger partial charge < -0.3 is 5.32 Å². The largest absolute Gasteiger partial charge is 0.325 e. The molecule has 2 aliphatic rings. The van der Waals surface area contributed by atoms with Gasteiger partial charge in [-0.3, -0.25) is 14.6 Å². The third-order valence-electron chi connectivity index (χ3n) is 5.99. The number of benzene rings is 1. The summed E-state index contributed by atoms with van der Waals surface area (Å²) in [5, 5.41) is 3.05. The van der Waals surface area contributed by atoms with Crippen molar-refractivity contribution in [2.75, 3.05) is 38.0 Å². The molecule has 0 bridgehead atoms. The third kappa shape index (κ3) is 5.05. The topological polar surface area (TPSA) is 35.6 Å². The highest BCUT2D eigenvalue weighted by Crippen LogP contribution is 2.24. The van der Waals surface area contributed by atoms with Crippen LogP contribution in [-0.2, 0) is 4.79 Å². The first-order chi connectivity index (χ1) is 12.2. The molecule has 2 fully saturated rings. The molecule has 0 spiro atoms. The first-order valence-electron chi connectivity index (χ1n) is 10.0. The number of hydrogen-bond acceptors (Lipinski definition) is 3. The molecule has 0 radical (unpaired) electrons. The number of piperazine rings is 1. The number of nitrogens with zero attached hydrogens (tertiary/aromatic N) is 2. The van der Waals surface area contributed by atoms with Crippen molar-refractivity contribution < 1.29 is 4.79 Å². The summed E-state index contributed by atoms with van der Waals surface area (Å²) in [6, 6.07) is 9.11. The Balaban J connectivity index is 1.42. The summed E-state index contributed by atoms with van der Waals surface area (Å²) in [5.74, 6) is 0.673. The Bertz CT molecular complexity index is 543. The monoisotopic (exact) mass is 343 g/mol. The number of amides is 1. The Hall–Kier alpha value is -1.39. The lowest BCUT2D eigenvalue weighted by Crippen LogP contribution is -2.51. The number of carbonyl (C=O) groups is 1. The quantitative estimate of drug-likeness (QED) is 0.855. The number of nitrogens with one attached hydrogen (secondary N) is 1. The molecule has 1 aromatic carbocycles. The van der Waals surface area contributed by atoms with Crippen molar-refractivity contribution in [1.29, 1.82) is 0 Å². The van der Waals surface area contributed by atoms with Gasteiger partial charge in [0.05, 0.1) is 6.54 Å².